The van der Waals surface area contributed by atoms with Gasteiger partial charge < -0.3 is 0 Å². The van der Waals surface area contributed by atoms with Gasteiger partial charge >= 0.3 is 0 Å². The van der Waals surface area contributed by atoms with Gasteiger partial charge in [0.05, 0.1) is 5.02 Å². The van der Waals surface area contributed by atoms with Crippen molar-refractivity contribution >= 4 is 11.6 Å². The summed E-state index contributed by atoms with van der Waals surface area (Å²) in [5, 5.41) is 0.236. The maximum atomic E-state index is 13.6. The standard InChI is InChI=1S/C25H38ClF/c1-2-3-4-5-19-8-13-22(14-9-19)23-15-10-20(11-16-23)6-7-21-12-17-24(26)25(27)18-21/h12,17-20,22-23H,2-11,13-16H2,1H3/t19-,20-,22-,23-. The minimum Gasteiger partial charge on any atom is -0.205 e. The molecule has 3 rings (SSSR count). The van der Waals surface area contributed by atoms with E-state index >= 15 is 0 Å². The zero-order valence-electron chi connectivity index (χ0n) is 17.2. The van der Waals surface area contributed by atoms with E-state index in [-0.39, 0.29) is 10.8 Å². The Morgan fingerprint density at radius 3 is 2.00 bits per heavy atom. The number of halogens is 2. The maximum Gasteiger partial charge on any atom is 0.142 e. The first kappa shape index (κ1) is 21.2. The minimum absolute atomic E-state index is 0.236. The van der Waals surface area contributed by atoms with Gasteiger partial charge in [0.15, 0.2) is 0 Å². The molecule has 0 aromatic heterocycles. The molecule has 0 bridgehead atoms. The number of hydrogen-bond acceptors (Lipinski definition) is 0. The summed E-state index contributed by atoms with van der Waals surface area (Å²) in [6.07, 6.45) is 19.5. The summed E-state index contributed by atoms with van der Waals surface area (Å²) in [5.74, 6) is 3.60. The first-order chi connectivity index (χ1) is 13.2. The lowest BCUT2D eigenvalue weighted by Gasteiger charge is -2.38. The average Bonchev–Trinajstić information content (AvgIpc) is 2.70. The molecule has 2 fully saturated rings. The van der Waals surface area contributed by atoms with Gasteiger partial charge in [-0.15, -0.1) is 0 Å². The Morgan fingerprint density at radius 1 is 0.852 bits per heavy atom. The lowest BCUT2D eigenvalue weighted by Crippen LogP contribution is -2.26. The van der Waals surface area contributed by atoms with Crippen molar-refractivity contribution in [2.24, 2.45) is 23.7 Å². The van der Waals surface area contributed by atoms with E-state index in [9.17, 15) is 4.39 Å². The monoisotopic (exact) mass is 392 g/mol. The van der Waals surface area contributed by atoms with Crippen LogP contribution in [0, 0.1) is 29.5 Å². The Balaban J connectivity index is 1.34. The topological polar surface area (TPSA) is 0 Å². The molecule has 0 N–H and O–H groups in total. The molecule has 1 aromatic carbocycles. The molecule has 27 heavy (non-hydrogen) atoms. The van der Waals surface area contributed by atoms with Crippen molar-refractivity contribution in [2.45, 2.75) is 96.8 Å². The lowest BCUT2D eigenvalue weighted by molar-refractivity contribution is 0.140. The molecule has 152 valence electrons. The van der Waals surface area contributed by atoms with E-state index in [0.29, 0.717) is 0 Å². The molecule has 2 aliphatic rings. The van der Waals surface area contributed by atoms with Crippen LogP contribution >= 0.6 is 11.6 Å². The predicted molar refractivity (Wildman–Crippen MR) is 115 cm³/mol. The van der Waals surface area contributed by atoms with E-state index in [1.807, 2.05) is 6.07 Å². The Labute approximate surface area is 171 Å². The van der Waals surface area contributed by atoms with Gasteiger partial charge in [0.25, 0.3) is 0 Å². The van der Waals surface area contributed by atoms with Crippen LogP contribution in [-0.4, -0.2) is 0 Å². The highest BCUT2D eigenvalue weighted by molar-refractivity contribution is 6.30. The zero-order valence-corrected chi connectivity index (χ0v) is 18.0. The minimum atomic E-state index is -0.275. The average molecular weight is 393 g/mol. The first-order valence-electron chi connectivity index (χ1n) is 11.6. The van der Waals surface area contributed by atoms with Crippen molar-refractivity contribution in [1.29, 1.82) is 0 Å². The largest absolute Gasteiger partial charge is 0.205 e. The third kappa shape index (κ3) is 6.48. The third-order valence-electron chi connectivity index (χ3n) is 7.49. The van der Waals surface area contributed by atoms with Crippen LogP contribution in [0.1, 0.15) is 96.0 Å². The van der Waals surface area contributed by atoms with Gasteiger partial charge in [0.1, 0.15) is 5.82 Å². The molecular formula is C25H38ClF. The number of unbranched alkanes of at least 4 members (excludes halogenated alkanes) is 2. The Morgan fingerprint density at radius 2 is 1.44 bits per heavy atom. The quantitative estimate of drug-likeness (QED) is 0.388. The summed E-state index contributed by atoms with van der Waals surface area (Å²) in [4.78, 5) is 0. The van der Waals surface area contributed by atoms with Crippen molar-refractivity contribution in [2.75, 3.05) is 0 Å². The zero-order chi connectivity index (χ0) is 19.1. The van der Waals surface area contributed by atoms with E-state index < -0.39 is 0 Å². The van der Waals surface area contributed by atoms with Gasteiger partial charge in [-0.3, -0.25) is 0 Å². The van der Waals surface area contributed by atoms with Gasteiger partial charge in [-0.2, -0.15) is 0 Å². The fraction of sp³-hybridized carbons (Fsp3) is 0.760. The Hall–Kier alpha value is -0.560. The summed E-state index contributed by atoms with van der Waals surface area (Å²) in [6.45, 7) is 2.31. The SMILES string of the molecule is CCCCC[C@H]1CC[C@H]([C@H]2CC[C@H](CCc3ccc(Cl)c(F)c3)CC2)CC1. The molecule has 0 spiro atoms. The molecule has 0 atom stereocenters. The molecule has 0 nitrogen and oxygen atoms in total. The van der Waals surface area contributed by atoms with Crippen molar-refractivity contribution in [1.82, 2.24) is 0 Å². The summed E-state index contributed by atoms with van der Waals surface area (Å²) < 4.78 is 13.6. The molecule has 2 saturated carbocycles. The Bertz CT molecular complexity index is 553. The van der Waals surface area contributed by atoms with E-state index in [1.165, 1.54) is 83.5 Å². The van der Waals surface area contributed by atoms with E-state index in [4.69, 9.17) is 11.6 Å². The Kier molecular flexibility index (Phi) is 8.49. The highest BCUT2D eigenvalue weighted by Gasteiger charge is 2.30. The molecule has 0 radical (unpaired) electrons. The van der Waals surface area contributed by atoms with E-state index in [0.717, 1.165) is 35.7 Å². The fourth-order valence-electron chi connectivity index (χ4n) is 5.65. The molecule has 0 amide bonds. The highest BCUT2D eigenvalue weighted by atomic mass is 35.5. The summed E-state index contributed by atoms with van der Waals surface area (Å²) in [5.41, 5.74) is 1.10. The van der Waals surface area contributed by atoms with E-state index in [1.54, 1.807) is 12.1 Å². The van der Waals surface area contributed by atoms with Crippen LogP contribution in [0.5, 0.6) is 0 Å². The van der Waals surface area contributed by atoms with Crippen LogP contribution in [0.25, 0.3) is 0 Å². The molecular weight excluding hydrogens is 355 g/mol. The van der Waals surface area contributed by atoms with Crippen LogP contribution in [0.2, 0.25) is 5.02 Å². The summed E-state index contributed by atoms with van der Waals surface area (Å²) in [6, 6.07) is 5.30. The van der Waals surface area contributed by atoms with Gasteiger partial charge in [0.2, 0.25) is 0 Å². The van der Waals surface area contributed by atoms with Crippen LogP contribution in [0.15, 0.2) is 18.2 Å². The lowest BCUT2D eigenvalue weighted by atomic mass is 9.68. The number of benzene rings is 1. The third-order valence-corrected chi connectivity index (χ3v) is 7.80. The number of rotatable bonds is 8. The van der Waals surface area contributed by atoms with Crippen LogP contribution in [0.3, 0.4) is 0 Å². The van der Waals surface area contributed by atoms with Crippen molar-refractivity contribution in [3.8, 4) is 0 Å². The van der Waals surface area contributed by atoms with Crippen molar-refractivity contribution in [3.05, 3.63) is 34.6 Å². The molecule has 0 saturated heterocycles. The second-order valence-corrected chi connectivity index (χ2v) is 9.75. The second-order valence-electron chi connectivity index (χ2n) is 9.34. The van der Waals surface area contributed by atoms with Crippen molar-refractivity contribution in [3.63, 3.8) is 0 Å². The van der Waals surface area contributed by atoms with Gasteiger partial charge in [-0.05, 0) is 79.9 Å². The van der Waals surface area contributed by atoms with Crippen LogP contribution in [0.4, 0.5) is 4.39 Å². The van der Waals surface area contributed by atoms with Gasteiger partial charge in [-0.1, -0.05) is 76.0 Å². The molecule has 0 unspecified atom stereocenters. The number of hydrogen-bond donors (Lipinski definition) is 0. The summed E-state index contributed by atoms with van der Waals surface area (Å²) >= 11 is 5.78. The number of aryl methyl sites for hydroxylation is 1. The van der Waals surface area contributed by atoms with E-state index in [2.05, 4.69) is 6.92 Å². The molecule has 2 heteroatoms. The predicted octanol–water partition coefficient (Wildman–Crippen LogP) is 8.60. The molecule has 2 aliphatic carbocycles. The molecule has 0 aliphatic heterocycles. The van der Waals surface area contributed by atoms with Gasteiger partial charge in [0, 0.05) is 0 Å². The normalized spacial score (nSPS) is 29.0. The van der Waals surface area contributed by atoms with Crippen molar-refractivity contribution < 1.29 is 4.39 Å². The highest BCUT2D eigenvalue weighted by Crippen LogP contribution is 2.43. The smallest absolute Gasteiger partial charge is 0.142 e. The second kappa shape index (κ2) is 10.8. The molecule has 1 aromatic rings. The fourth-order valence-corrected chi connectivity index (χ4v) is 5.76. The van der Waals surface area contributed by atoms with Crippen LogP contribution in [-0.2, 0) is 6.42 Å². The van der Waals surface area contributed by atoms with Gasteiger partial charge in [-0.25, -0.2) is 4.39 Å². The first-order valence-corrected chi connectivity index (χ1v) is 12.0. The van der Waals surface area contributed by atoms with Crippen LogP contribution < -0.4 is 0 Å². The summed E-state index contributed by atoms with van der Waals surface area (Å²) in [7, 11) is 0. The maximum absolute atomic E-state index is 13.6. The molecule has 0 heterocycles.